The first-order valence-electron chi connectivity index (χ1n) is 7.49. The minimum atomic E-state index is -0.460. The molecule has 0 bridgehead atoms. The minimum absolute atomic E-state index is 0.460. The van der Waals surface area contributed by atoms with Gasteiger partial charge in [0.25, 0.3) is 0 Å². The zero-order valence-corrected chi connectivity index (χ0v) is 12.3. The lowest BCUT2D eigenvalue weighted by molar-refractivity contribution is 0.199. The van der Waals surface area contributed by atoms with Gasteiger partial charge in [-0.05, 0) is 44.6 Å². The maximum absolute atomic E-state index is 9.87. The van der Waals surface area contributed by atoms with E-state index in [4.69, 9.17) is 0 Å². The van der Waals surface area contributed by atoms with Gasteiger partial charge in [-0.3, -0.25) is 0 Å². The molecule has 0 radical (unpaired) electrons. The summed E-state index contributed by atoms with van der Waals surface area (Å²) < 4.78 is 0. The van der Waals surface area contributed by atoms with Crippen molar-refractivity contribution in [2.45, 2.75) is 58.1 Å². The average Bonchev–Trinajstić information content (AvgIpc) is 2.46. The number of pyridine rings is 1. The monoisotopic (exact) mass is 262 g/mol. The molecule has 1 atom stereocenters. The van der Waals surface area contributed by atoms with E-state index in [9.17, 15) is 5.11 Å². The highest BCUT2D eigenvalue weighted by Crippen LogP contribution is 2.32. The molecule has 1 fully saturated rings. The van der Waals surface area contributed by atoms with Gasteiger partial charge in [0.05, 0.1) is 6.10 Å². The third kappa shape index (κ3) is 3.27. The Morgan fingerprint density at radius 3 is 2.63 bits per heavy atom. The Hall–Kier alpha value is -1.09. The molecule has 0 unspecified atom stereocenters. The molecule has 1 aromatic heterocycles. The molecule has 0 aromatic carbocycles. The van der Waals surface area contributed by atoms with E-state index in [1.165, 1.54) is 32.1 Å². The predicted molar refractivity (Wildman–Crippen MR) is 79.3 cm³/mol. The fraction of sp³-hybridized carbons (Fsp3) is 0.688. The van der Waals surface area contributed by atoms with Crippen molar-refractivity contribution in [3.8, 4) is 0 Å². The van der Waals surface area contributed by atoms with Crippen LogP contribution in [0.25, 0.3) is 0 Å². The van der Waals surface area contributed by atoms with Gasteiger partial charge in [-0.1, -0.05) is 19.4 Å². The summed E-state index contributed by atoms with van der Waals surface area (Å²) in [6, 6.07) is 4.43. The lowest BCUT2D eigenvalue weighted by Gasteiger charge is -2.36. The van der Waals surface area contributed by atoms with E-state index in [0.29, 0.717) is 6.04 Å². The Kier molecular flexibility index (Phi) is 4.81. The van der Waals surface area contributed by atoms with Crippen LogP contribution in [0.3, 0.4) is 0 Å². The summed E-state index contributed by atoms with van der Waals surface area (Å²) in [5, 5.41) is 9.87. The number of aromatic nitrogens is 1. The molecule has 0 saturated heterocycles. The molecular weight excluding hydrogens is 236 g/mol. The molecule has 0 spiro atoms. The fourth-order valence-corrected chi connectivity index (χ4v) is 3.14. The van der Waals surface area contributed by atoms with E-state index in [0.717, 1.165) is 17.3 Å². The number of rotatable bonds is 4. The van der Waals surface area contributed by atoms with Gasteiger partial charge < -0.3 is 10.0 Å². The summed E-state index contributed by atoms with van der Waals surface area (Å²) >= 11 is 0. The van der Waals surface area contributed by atoms with E-state index in [2.05, 4.69) is 23.9 Å². The summed E-state index contributed by atoms with van der Waals surface area (Å²) in [4.78, 5) is 6.75. The van der Waals surface area contributed by atoms with Crippen LogP contribution in [0.4, 0.5) is 5.82 Å². The second-order valence-electron chi connectivity index (χ2n) is 5.79. The molecule has 1 aliphatic carbocycles. The lowest BCUT2D eigenvalue weighted by Crippen LogP contribution is -2.36. The van der Waals surface area contributed by atoms with E-state index < -0.39 is 6.10 Å². The van der Waals surface area contributed by atoms with Gasteiger partial charge in [-0.2, -0.15) is 0 Å². The third-order valence-electron chi connectivity index (χ3n) is 4.54. The third-order valence-corrected chi connectivity index (χ3v) is 4.54. The van der Waals surface area contributed by atoms with E-state index in [1.54, 1.807) is 0 Å². The van der Waals surface area contributed by atoms with Gasteiger partial charge >= 0.3 is 0 Å². The van der Waals surface area contributed by atoms with Crippen LogP contribution in [0.1, 0.15) is 57.6 Å². The number of hydrogen-bond donors (Lipinski definition) is 1. The van der Waals surface area contributed by atoms with Crippen LogP contribution in [-0.2, 0) is 0 Å². The van der Waals surface area contributed by atoms with E-state index in [1.807, 2.05) is 25.3 Å². The molecule has 1 heterocycles. The van der Waals surface area contributed by atoms with E-state index in [-0.39, 0.29) is 0 Å². The fourth-order valence-electron chi connectivity index (χ4n) is 3.14. The molecule has 1 N–H and O–H groups in total. The van der Waals surface area contributed by atoms with Crippen molar-refractivity contribution in [2.75, 3.05) is 11.9 Å². The van der Waals surface area contributed by atoms with Crippen LogP contribution in [0.15, 0.2) is 18.3 Å². The van der Waals surface area contributed by atoms with Gasteiger partial charge in [-0.25, -0.2) is 4.98 Å². The molecule has 2 rings (SSSR count). The van der Waals surface area contributed by atoms with Crippen molar-refractivity contribution in [3.05, 3.63) is 23.9 Å². The Morgan fingerprint density at radius 2 is 2.05 bits per heavy atom. The zero-order valence-electron chi connectivity index (χ0n) is 12.3. The average molecular weight is 262 g/mol. The van der Waals surface area contributed by atoms with Crippen molar-refractivity contribution in [1.29, 1.82) is 0 Å². The van der Waals surface area contributed by atoms with Gasteiger partial charge in [0, 0.05) is 24.8 Å². The quantitative estimate of drug-likeness (QED) is 0.901. The number of nitrogens with zero attached hydrogens (tertiary/aromatic N) is 2. The normalized spacial score (nSPS) is 25.1. The largest absolute Gasteiger partial charge is 0.389 e. The summed E-state index contributed by atoms with van der Waals surface area (Å²) in [7, 11) is 2.12. The molecule has 3 nitrogen and oxygen atoms in total. The number of aliphatic hydroxyl groups excluding tert-OH is 1. The summed E-state index contributed by atoms with van der Waals surface area (Å²) in [5.74, 6) is 1.85. The van der Waals surface area contributed by atoms with Gasteiger partial charge in [0.1, 0.15) is 5.82 Å². The SMILES string of the molecule is CCC1CCC(N(C)c2ncccc2[C@H](C)O)CC1. The number of aliphatic hydroxyl groups is 1. The van der Waals surface area contributed by atoms with Crippen LogP contribution < -0.4 is 4.90 Å². The maximum Gasteiger partial charge on any atom is 0.134 e. The summed E-state index contributed by atoms with van der Waals surface area (Å²) in [5.41, 5.74) is 0.933. The summed E-state index contributed by atoms with van der Waals surface area (Å²) in [6.07, 6.45) is 7.78. The van der Waals surface area contributed by atoms with Crippen LogP contribution >= 0.6 is 0 Å². The first kappa shape index (κ1) is 14.3. The maximum atomic E-state index is 9.87. The highest BCUT2D eigenvalue weighted by Gasteiger charge is 2.25. The first-order valence-corrected chi connectivity index (χ1v) is 7.49. The number of anilines is 1. The standard InChI is InChI=1S/C16H26N2O/c1-4-13-7-9-14(10-8-13)18(3)16-15(12(2)19)6-5-11-17-16/h5-6,11-14,19H,4,7-10H2,1-3H3/t12-,13?,14?/m0/s1. The van der Waals surface area contributed by atoms with E-state index >= 15 is 0 Å². The zero-order chi connectivity index (χ0) is 13.8. The minimum Gasteiger partial charge on any atom is -0.389 e. The highest BCUT2D eigenvalue weighted by molar-refractivity contribution is 5.48. The Morgan fingerprint density at radius 1 is 1.37 bits per heavy atom. The van der Waals surface area contributed by atoms with Gasteiger partial charge in [0.15, 0.2) is 0 Å². The van der Waals surface area contributed by atoms with Crippen molar-refractivity contribution >= 4 is 5.82 Å². The molecule has 19 heavy (non-hydrogen) atoms. The summed E-state index contributed by atoms with van der Waals surface area (Å²) in [6.45, 7) is 4.10. The van der Waals surface area contributed by atoms with Crippen molar-refractivity contribution in [3.63, 3.8) is 0 Å². The molecule has 1 saturated carbocycles. The van der Waals surface area contributed by atoms with Crippen molar-refractivity contribution in [2.24, 2.45) is 5.92 Å². The van der Waals surface area contributed by atoms with Crippen LogP contribution in [0, 0.1) is 5.92 Å². The molecule has 3 heteroatoms. The number of hydrogen-bond acceptors (Lipinski definition) is 3. The van der Waals surface area contributed by atoms with Gasteiger partial charge in [0.2, 0.25) is 0 Å². The van der Waals surface area contributed by atoms with Crippen molar-refractivity contribution in [1.82, 2.24) is 4.98 Å². The molecule has 0 amide bonds. The Bertz CT molecular complexity index is 397. The van der Waals surface area contributed by atoms with Gasteiger partial charge in [-0.15, -0.1) is 0 Å². The van der Waals surface area contributed by atoms with Crippen molar-refractivity contribution < 1.29 is 5.11 Å². The molecule has 1 aromatic rings. The van der Waals surface area contributed by atoms with Crippen LogP contribution in [-0.4, -0.2) is 23.2 Å². The lowest BCUT2D eigenvalue weighted by atomic mass is 9.84. The Labute approximate surface area is 116 Å². The second kappa shape index (κ2) is 6.38. The smallest absolute Gasteiger partial charge is 0.134 e. The van der Waals surface area contributed by atoms with Crippen LogP contribution in [0.5, 0.6) is 0 Å². The molecule has 0 aliphatic heterocycles. The molecular formula is C16H26N2O. The van der Waals surface area contributed by atoms with Crippen LogP contribution in [0.2, 0.25) is 0 Å². The predicted octanol–water partition coefficient (Wildman–Crippen LogP) is 3.54. The topological polar surface area (TPSA) is 36.4 Å². The second-order valence-corrected chi connectivity index (χ2v) is 5.79. The highest BCUT2D eigenvalue weighted by atomic mass is 16.3. The molecule has 1 aliphatic rings. The Balaban J connectivity index is 2.10. The molecule has 106 valence electrons. The first-order chi connectivity index (χ1) is 9.13.